The third kappa shape index (κ3) is 2.82. The maximum atomic E-state index is 6.17. The van der Waals surface area contributed by atoms with E-state index >= 15 is 0 Å². The Balaban J connectivity index is 2.02. The van der Waals surface area contributed by atoms with Gasteiger partial charge < -0.3 is 0 Å². The number of aromatic nitrogens is 1. The van der Waals surface area contributed by atoms with Crippen molar-refractivity contribution in [3.05, 3.63) is 28.2 Å². The molecule has 0 aromatic carbocycles. The largest absolute Gasteiger partial charge is 0.253 e. The topological polar surface area (TPSA) is 12.9 Å². The fraction of sp³-hybridized carbons (Fsp3) is 0.545. The van der Waals surface area contributed by atoms with Crippen molar-refractivity contribution in [2.45, 2.75) is 37.5 Å². The fourth-order valence-corrected chi connectivity index (χ4v) is 2.79. The standard InChI is InChI=1S/C11H14ClNS/c12-10-4-2-1-3-9(5-10)6-11-7-13-8-14-11/h5,7-8,10H,1-4,6H2. The van der Waals surface area contributed by atoms with Crippen molar-refractivity contribution in [3.8, 4) is 0 Å². The Morgan fingerprint density at radius 2 is 2.43 bits per heavy atom. The fourth-order valence-electron chi connectivity index (χ4n) is 1.81. The third-order valence-corrected chi connectivity index (χ3v) is 3.65. The smallest absolute Gasteiger partial charge is 0.0794 e. The highest BCUT2D eigenvalue weighted by Crippen LogP contribution is 2.24. The molecule has 1 nitrogen and oxygen atoms in total. The molecular formula is C11H14ClNS. The highest BCUT2D eigenvalue weighted by atomic mass is 35.5. The van der Waals surface area contributed by atoms with E-state index in [1.165, 1.54) is 29.7 Å². The Morgan fingerprint density at radius 3 is 3.21 bits per heavy atom. The number of halogens is 1. The number of thiazole rings is 1. The lowest BCUT2D eigenvalue weighted by Crippen LogP contribution is -1.93. The molecule has 0 bridgehead atoms. The Bertz CT molecular complexity index is 305. The Morgan fingerprint density at radius 1 is 1.50 bits per heavy atom. The molecule has 0 radical (unpaired) electrons. The molecule has 0 spiro atoms. The van der Waals surface area contributed by atoms with Crippen molar-refractivity contribution >= 4 is 22.9 Å². The highest BCUT2D eigenvalue weighted by molar-refractivity contribution is 7.09. The van der Waals surface area contributed by atoms with Gasteiger partial charge in [0.2, 0.25) is 0 Å². The minimum absolute atomic E-state index is 0.250. The number of hydrogen-bond acceptors (Lipinski definition) is 2. The van der Waals surface area contributed by atoms with Gasteiger partial charge in [0, 0.05) is 17.5 Å². The van der Waals surface area contributed by atoms with Gasteiger partial charge in [-0.25, -0.2) is 0 Å². The molecule has 1 aromatic rings. The van der Waals surface area contributed by atoms with Gasteiger partial charge in [0.15, 0.2) is 0 Å². The van der Waals surface area contributed by atoms with E-state index in [4.69, 9.17) is 11.6 Å². The number of hydrogen-bond donors (Lipinski definition) is 0. The van der Waals surface area contributed by atoms with Gasteiger partial charge in [-0.15, -0.1) is 22.9 Å². The van der Waals surface area contributed by atoms with Crippen LogP contribution in [0.4, 0.5) is 0 Å². The van der Waals surface area contributed by atoms with Gasteiger partial charge in [0.05, 0.1) is 10.9 Å². The van der Waals surface area contributed by atoms with E-state index in [0.29, 0.717) is 0 Å². The molecule has 1 aliphatic carbocycles. The quantitative estimate of drug-likeness (QED) is 0.553. The summed E-state index contributed by atoms with van der Waals surface area (Å²) in [5, 5.41) is 0.250. The van der Waals surface area contributed by atoms with Crippen LogP contribution < -0.4 is 0 Å². The van der Waals surface area contributed by atoms with E-state index < -0.39 is 0 Å². The lowest BCUT2D eigenvalue weighted by Gasteiger charge is -2.03. The second-order valence-corrected chi connectivity index (χ2v) is 5.26. The van der Waals surface area contributed by atoms with Crippen LogP contribution in [0.15, 0.2) is 23.4 Å². The molecule has 14 heavy (non-hydrogen) atoms. The zero-order chi connectivity index (χ0) is 9.80. The number of alkyl halides is 1. The molecule has 0 aliphatic heterocycles. The molecule has 0 N–H and O–H groups in total. The molecule has 1 unspecified atom stereocenters. The van der Waals surface area contributed by atoms with Crippen LogP contribution in [-0.2, 0) is 6.42 Å². The van der Waals surface area contributed by atoms with Crippen LogP contribution in [0, 0.1) is 0 Å². The van der Waals surface area contributed by atoms with Crippen molar-refractivity contribution in [1.29, 1.82) is 0 Å². The van der Waals surface area contributed by atoms with Gasteiger partial charge in [-0.05, 0) is 19.3 Å². The van der Waals surface area contributed by atoms with Gasteiger partial charge >= 0.3 is 0 Å². The third-order valence-electron chi connectivity index (χ3n) is 2.53. The van der Waals surface area contributed by atoms with Crippen molar-refractivity contribution in [1.82, 2.24) is 4.98 Å². The predicted molar refractivity (Wildman–Crippen MR) is 62.0 cm³/mol. The average molecular weight is 228 g/mol. The summed E-state index contributed by atoms with van der Waals surface area (Å²) >= 11 is 7.90. The molecule has 1 heterocycles. The minimum atomic E-state index is 0.250. The zero-order valence-electron chi connectivity index (χ0n) is 8.08. The summed E-state index contributed by atoms with van der Waals surface area (Å²) in [6.45, 7) is 0. The summed E-state index contributed by atoms with van der Waals surface area (Å²) in [6, 6.07) is 0. The first kappa shape index (κ1) is 10.2. The highest BCUT2D eigenvalue weighted by Gasteiger charge is 2.10. The van der Waals surface area contributed by atoms with Crippen LogP contribution in [0.5, 0.6) is 0 Å². The first-order valence-electron chi connectivity index (χ1n) is 5.05. The van der Waals surface area contributed by atoms with Crippen molar-refractivity contribution in [2.24, 2.45) is 0 Å². The van der Waals surface area contributed by atoms with Gasteiger partial charge in [0.25, 0.3) is 0 Å². The monoisotopic (exact) mass is 227 g/mol. The van der Waals surface area contributed by atoms with Gasteiger partial charge in [-0.2, -0.15) is 0 Å². The zero-order valence-corrected chi connectivity index (χ0v) is 9.65. The molecule has 1 aliphatic rings. The first-order valence-corrected chi connectivity index (χ1v) is 6.37. The van der Waals surface area contributed by atoms with E-state index in [-0.39, 0.29) is 5.38 Å². The molecule has 0 saturated carbocycles. The van der Waals surface area contributed by atoms with Crippen LogP contribution in [0.1, 0.15) is 30.6 Å². The van der Waals surface area contributed by atoms with E-state index in [1.807, 2.05) is 11.7 Å². The van der Waals surface area contributed by atoms with Crippen molar-refractivity contribution < 1.29 is 0 Å². The van der Waals surface area contributed by atoms with Crippen molar-refractivity contribution in [2.75, 3.05) is 0 Å². The average Bonchev–Trinajstić information content (AvgIpc) is 2.56. The normalized spacial score (nSPS) is 22.9. The summed E-state index contributed by atoms with van der Waals surface area (Å²) in [5.74, 6) is 0. The molecule has 1 atom stereocenters. The van der Waals surface area contributed by atoms with Crippen molar-refractivity contribution in [3.63, 3.8) is 0 Å². The molecule has 3 heteroatoms. The van der Waals surface area contributed by atoms with E-state index in [1.54, 1.807) is 11.3 Å². The maximum absolute atomic E-state index is 6.17. The van der Waals surface area contributed by atoms with E-state index in [0.717, 1.165) is 12.8 Å². The van der Waals surface area contributed by atoms with Gasteiger partial charge in [-0.1, -0.05) is 18.1 Å². The van der Waals surface area contributed by atoms with E-state index in [2.05, 4.69) is 11.1 Å². The summed E-state index contributed by atoms with van der Waals surface area (Å²) in [6.07, 6.45) is 10.1. The number of allylic oxidation sites excluding steroid dienone is 2. The summed E-state index contributed by atoms with van der Waals surface area (Å²) in [4.78, 5) is 5.44. The molecule has 76 valence electrons. The Labute approximate surface area is 93.8 Å². The summed E-state index contributed by atoms with van der Waals surface area (Å²) in [7, 11) is 0. The van der Waals surface area contributed by atoms with Crippen LogP contribution in [0.25, 0.3) is 0 Å². The predicted octanol–water partition coefficient (Wildman–Crippen LogP) is 3.79. The molecule has 0 amide bonds. The maximum Gasteiger partial charge on any atom is 0.0794 e. The summed E-state index contributed by atoms with van der Waals surface area (Å²) in [5.41, 5.74) is 3.39. The summed E-state index contributed by atoms with van der Waals surface area (Å²) < 4.78 is 0. The van der Waals surface area contributed by atoms with Gasteiger partial charge in [0.1, 0.15) is 0 Å². The Hall–Kier alpha value is -0.340. The lowest BCUT2D eigenvalue weighted by atomic mass is 10.1. The van der Waals surface area contributed by atoms with E-state index in [9.17, 15) is 0 Å². The molecule has 1 aromatic heterocycles. The van der Waals surface area contributed by atoms with Crippen LogP contribution in [0.2, 0.25) is 0 Å². The molecule has 0 saturated heterocycles. The number of rotatable bonds is 2. The van der Waals surface area contributed by atoms with Crippen LogP contribution in [-0.4, -0.2) is 10.4 Å². The molecule has 0 fully saturated rings. The molecule has 2 rings (SSSR count). The lowest BCUT2D eigenvalue weighted by molar-refractivity contribution is 0.710. The first-order chi connectivity index (χ1) is 6.84. The second-order valence-electron chi connectivity index (χ2n) is 3.73. The van der Waals surface area contributed by atoms with Crippen LogP contribution in [0.3, 0.4) is 0 Å². The SMILES string of the molecule is ClC1C=C(Cc2cncs2)CCCC1. The number of nitrogens with zero attached hydrogens (tertiary/aromatic N) is 1. The minimum Gasteiger partial charge on any atom is -0.253 e. The van der Waals surface area contributed by atoms with Gasteiger partial charge in [-0.3, -0.25) is 4.98 Å². The molecular weight excluding hydrogens is 214 g/mol. The van der Waals surface area contributed by atoms with Crippen LogP contribution >= 0.6 is 22.9 Å². The second kappa shape index (κ2) is 4.94. The Kier molecular flexibility index (Phi) is 3.60.